The van der Waals surface area contributed by atoms with Gasteiger partial charge in [-0.1, -0.05) is 45.9 Å². The third-order valence-corrected chi connectivity index (χ3v) is 4.17. The largest absolute Gasteiger partial charge is 0.492 e. The molecule has 2 aromatic carbocycles. The molecule has 0 fully saturated rings. The molecule has 25 heavy (non-hydrogen) atoms. The Bertz CT molecular complexity index is 644. The average Bonchev–Trinajstić information content (AvgIpc) is 2.58. The first-order chi connectivity index (χ1) is 11.9. The Morgan fingerprint density at radius 2 is 1.72 bits per heavy atom. The highest BCUT2D eigenvalue weighted by atomic mass is 16.5. The van der Waals surface area contributed by atoms with Crippen LogP contribution in [-0.2, 0) is 5.41 Å². The Morgan fingerprint density at radius 3 is 2.36 bits per heavy atom. The number of anilines is 1. The molecule has 2 rings (SSSR count). The van der Waals surface area contributed by atoms with Gasteiger partial charge in [-0.2, -0.15) is 0 Å². The number of ether oxygens (including phenoxy) is 2. The maximum absolute atomic E-state index is 5.85. The Morgan fingerprint density at radius 1 is 1.00 bits per heavy atom. The highest BCUT2D eigenvalue weighted by molar-refractivity contribution is 5.48. The second-order valence-corrected chi connectivity index (χ2v) is 7.41. The van der Waals surface area contributed by atoms with Crippen LogP contribution in [0.2, 0.25) is 0 Å². The van der Waals surface area contributed by atoms with Crippen molar-refractivity contribution in [2.75, 3.05) is 18.5 Å². The Hall–Kier alpha value is -2.16. The summed E-state index contributed by atoms with van der Waals surface area (Å²) in [6.07, 6.45) is 1.23. The minimum Gasteiger partial charge on any atom is -0.492 e. The molecule has 0 radical (unpaired) electrons. The molecule has 0 aromatic heterocycles. The van der Waals surface area contributed by atoms with Crippen LogP contribution in [0, 0.1) is 0 Å². The van der Waals surface area contributed by atoms with Gasteiger partial charge >= 0.3 is 0 Å². The van der Waals surface area contributed by atoms with Gasteiger partial charge in [0.25, 0.3) is 0 Å². The number of hydrogen-bond donors (Lipinski definition) is 1. The Kier molecular flexibility index (Phi) is 6.74. The van der Waals surface area contributed by atoms with Crippen LogP contribution in [0.15, 0.2) is 48.5 Å². The molecule has 136 valence electrons. The van der Waals surface area contributed by atoms with Crippen LogP contribution in [-0.4, -0.2) is 19.3 Å². The lowest BCUT2D eigenvalue weighted by atomic mass is 9.87. The second-order valence-electron chi connectivity index (χ2n) is 7.41. The van der Waals surface area contributed by atoms with E-state index in [1.807, 2.05) is 36.4 Å². The second kappa shape index (κ2) is 8.80. The van der Waals surface area contributed by atoms with E-state index in [4.69, 9.17) is 9.47 Å². The van der Waals surface area contributed by atoms with Gasteiger partial charge in [0.1, 0.15) is 18.1 Å². The van der Waals surface area contributed by atoms with Crippen LogP contribution in [0.25, 0.3) is 0 Å². The van der Waals surface area contributed by atoms with Gasteiger partial charge in [-0.3, -0.25) is 0 Å². The molecule has 1 N–H and O–H groups in total. The summed E-state index contributed by atoms with van der Waals surface area (Å²) in [4.78, 5) is 0. The van der Waals surface area contributed by atoms with Gasteiger partial charge < -0.3 is 14.8 Å². The van der Waals surface area contributed by atoms with Gasteiger partial charge in [0, 0.05) is 18.3 Å². The molecule has 0 saturated carbocycles. The molecule has 2 aromatic rings. The molecule has 1 atom stereocenters. The number of rotatable bonds is 8. The zero-order valence-corrected chi connectivity index (χ0v) is 16.1. The van der Waals surface area contributed by atoms with Gasteiger partial charge in [0.15, 0.2) is 0 Å². The number of benzene rings is 2. The molecule has 1 unspecified atom stereocenters. The highest BCUT2D eigenvalue weighted by Crippen LogP contribution is 2.24. The lowest BCUT2D eigenvalue weighted by molar-refractivity contribution is 0.217. The van der Waals surface area contributed by atoms with E-state index in [1.165, 1.54) is 5.56 Å². The van der Waals surface area contributed by atoms with Crippen molar-refractivity contribution in [3.63, 3.8) is 0 Å². The predicted molar refractivity (Wildman–Crippen MR) is 106 cm³/mol. The van der Waals surface area contributed by atoms with E-state index in [0.717, 1.165) is 30.2 Å². The van der Waals surface area contributed by atoms with E-state index in [2.05, 4.69) is 52.1 Å². The number of hydrogen-bond acceptors (Lipinski definition) is 3. The fourth-order valence-corrected chi connectivity index (χ4v) is 2.41. The van der Waals surface area contributed by atoms with Crippen molar-refractivity contribution in [3.05, 3.63) is 54.1 Å². The molecule has 0 amide bonds. The fraction of sp³-hybridized carbons (Fsp3) is 0.455. The first kappa shape index (κ1) is 19.2. The third kappa shape index (κ3) is 6.33. The quantitative estimate of drug-likeness (QED) is 0.629. The maximum atomic E-state index is 5.85. The molecule has 3 heteroatoms. The molecule has 0 saturated heterocycles. The molecule has 3 nitrogen and oxygen atoms in total. The summed E-state index contributed by atoms with van der Waals surface area (Å²) in [5.74, 6) is 1.81. The highest BCUT2D eigenvalue weighted by Gasteiger charge is 2.12. The van der Waals surface area contributed by atoms with Crippen molar-refractivity contribution in [1.82, 2.24) is 0 Å². The van der Waals surface area contributed by atoms with Crippen molar-refractivity contribution >= 4 is 5.69 Å². The van der Waals surface area contributed by atoms with Crippen molar-refractivity contribution in [1.29, 1.82) is 0 Å². The topological polar surface area (TPSA) is 30.5 Å². The van der Waals surface area contributed by atoms with E-state index >= 15 is 0 Å². The van der Waals surface area contributed by atoms with E-state index in [1.54, 1.807) is 0 Å². The maximum Gasteiger partial charge on any atom is 0.121 e. The summed E-state index contributed by atoms with van der Waals surface area (Å²) < 4.78 is 11.7. The standard InChI is InChI=1S/C22H31NO2/c1-6-17(2)25-21-9-7-8-19(16-21)23-14-15-24-20-12-10-18(11-13-20)22(3,4)5/h7-13,16-17,23H,6,14-15H2,1-5H3. The predicted octanol–water partition coefficient (Wildman–Crippen LogP) is 5.65. The Balaban J connectivity index is 1.78. The Labute approximate surface area is 152 Å². The summed E-state index contributed by atoms with van der Waals surface area (Å²) >= 11 is 0. The zero-order chi connectivity index (χ0) is 18.3. The fourth-order valence-electron chi connectivity index (χ4n) is 2.41. The summed E-state index contributed by atoms with van der Waals surface area (Å²) in [5.41, 5.74) is 2.53. The van der Waals surface area contributed by atoms with Crippen LogP contribution in [0.1, 0.15) is 46.6 Å². The van der Waals surface area contributed by atoms with Crippen molar-refractivity contribution in [3.8, 4) is 11.5 Å². The van der Waals surface area contributed by atoms with E-state index in [0.29, 0.717) is 6.61 Å². The first-order valence-corrected chi connectivity index (χ1v) is 9.12. The van der Waals surface area contributed by atoms with Crippen molar-refractivity contribution < 1.29 is 9.47 Å². The van der Waals surface area contributed by atoms with Gasteiger partial charge in [-0.25, -0.2) is 0 Å². The molecule has 0 aliphatic carbocycles. The van der Waals surface area contributed by atoms with Crippen molar-refractivity contribution in [2.45, 2.75) is 52.6 Å². The number of nitrogens with one attached hydrogen (secondary N) is 1. The molecular formula is C22H31NO2. The minimum absolute atomic E-state index is 0.169. The smallest absolute Gasteiger partial charge is 0.121 e. The lowest BCUT2D eigenvalue weighted by Gasteiger charge is -2.19. The molecular weight excluding hydrogens is 310 g/mol. The van der Waals surface area contributed by atoms with Gasteiger partial charge in [-0.05, 0) is 48.6 Å². The van der Waals surface area contributed by atoms with Gasteiger partial charge in [0.05, 0.1) is 6.10 Å². The summed E-state index contributed by atoms with van der Waals surface area (Å²) in [6, 6.07) is 16.4. The van der Waals surface area contributed by atoms with E-state index in [-0.39, 0.29) is 11.5 Å². The van der Waals surface area contributed by atoms with Crippen LogP contribution in [0.4, 0.5) is 5.69 Å². The van der Waals surface area contributed by atoms with E-state index < -0.39 is 0 Å². The normalized spacial score (nSPS) is 12.5. The molecule has 0 spiro atoms. The third-order valence-electron chi connectivity index (χ3n) is 4.17. The van der Waals surface area contributed by atoms with Crippen LogP contribution < -0.4 is 14.8 Å². The van der Waals surface area contributed by atoms with Gasteiger partial charge in [0.2, 0.25) is 0 Å². The molecule has 0 aliphatic rings. The zero-order valence-electron chi connectivity index (χ0n) is 16.1. The minimum atomic E-state index is 0.169. The van der Waals surface area contributed by atoms with Crippen molar-refractivity contribution in [2.24, 2.45) is 0 Å². The summed E-state index contributed by atoms with van der Waals surface area (Å²) in [7, 11) is 0. The monoisotopic (exact) mass is 341 g/mol. The van der Waals surface area contributed by atoms with Crippen LogP contribution >= 0.6 is 0 Å². The van der Waals surface area contributed by atoms with Gasteiger partial charge in [-0.15, -0.1) is 0 Å². The van der Waals surface area contributed by atoms with Crippen LogP contribution in [0.3, 0.4) is 0 Å². The van der Waals surface area contributed by atoms with Crippen LogP contribution in [0.5, 0.6) is 11.5 Å². The SMILES string of the molecule is CCC(C)Oc1cccc(NCCOc2ccc(C(C)(C)C)cc2)c1. The summed E-state index contributed by atoms with van der Waals surface area (Å²) in [5, 5.41) is 3.38. The lowest BCUT2D eigenvalue weighted by Crippen LogP contribution is -2.13. The summed E-state index contributed by atoms with van der Waals surface area (Å²) in [6.45, 7) is 12.2. The first-order valence-electron chi connectivity index (χ1n) is 9.12. The molecule has 0 heterocycles. The van der Waals surface area contributed by atoms with E-state index in [9.17, 15) is 0 Å². The molecule has 0 aliphatic heterocycles. The molecule has 0 bridgehead atoms. The average molecular weight is 341 g/mol.